The maximum Gasteiger partial charge on any atom is 0.224 e. The van der Waals surface area contributed by atoms with Crippen molar-refractivity contribution < 1.29 is 5.11 Å². The number of hydrogen-bond acceptors (Lipinski definition) is 7. The molecule has 1 atom stereocenters. The smallest absolute Gasteiger partial charge is 0.224 e. The number of rotatable bonds is 2. The van der Waals surface area contributed by atoms with Crippen LogP contribution in [-0.4, -0.2) is 57.1 Å². The van der Waals surface area contributed by atoms with E-state index in [2.05, 4.69) is 25.3 Å². The van der Waals surface area contributed by atoms with E-state index in [1.807, 2.05) is 7.05 Å². The molecule has 0 saturated carbocycles. The number of hydrogen-bond donors (Lipinski definition) is 3. The van der Waals surface area contributed by atoms with Gasteiger partial charge in [-0.15, -0.1) is 12.4 Å². The second kappa shape index (κ2) is 5.78. The molecule has 2 aromatic heterocycles. The fraction of sp³-hybridized carbons (Fsp3) is 0.545. The van der Waals surface area contributed by atoms with Crippen molar-refractivity contribution in [2.24, 2.45) is 7.05 Å². The predicted octanol–water partition coefficient (Wildman–Crippen LogP) is -0.862. The zero-order chi connectivity index (χ0) is 13.4. The quantitative estimate of drug-likeness (QED) is 0.662. The summed E-state index contributed by atoms with van der Waals surface area (Å²) in [5, 5.41) is 17.8. The first-order chi connectivity index (χ1) is 9.20. The molecular formula is C11H18ClN7O. The van der Waals surface area contributed by atoms with Crippen LogP contribution >= 0.6 is 12.4 Å². The standard InChI is InChI=1S/C11H17N7O.ClH/c1-17-9-8(5-14-17)10(16-11(12)15-9)18-3-2-13-4-7(18)6-19;/h5,7,13,19H,2-4,6H2,1H3,(H2,12,15,16);1H/t7-;/m1./s1. The van der Waals surface area contributed by atoms with Gasteiger partial charge in [0, 0.05) is 26.7 Å². The van der Waals surface area contributed by atoms with E-state index < -0.39 is 0 Å². The predicted molar refractivity (Wildman–Crippen MR) is 79.1 cm³/mol. The van der Waals surface area contributed by atoms with Crippen molar-refractivity contribution >= 4 is 35.2 Å². The molecule has 2 aromatic rings. The largest absolute Gasteiger partial charge is 0.394 e. The van der Waals surface area contributed by atoms with E-state index in [0.717, 1.165) is 30.8 Å². The summed E-state index contributed by atoms with van der Waals surface area (Å²) in [5.41, 5.74) is 6.48. The van der Waals surface area contributed by atoms with Crippen molar-refractivity contribution in [3.05, 3.63) is 6.20 Å². The highest BCUT2D eigenvalue weighted by molar-refractivity contribution is 5.88. The Morgan fingerprint density at radius 2 is 2.30 bits per heavy atom. The first kappa shape index (κ1) is 14.8. The molecular weight excluding hydrogens is 282 g/mol. The van der Waals surface area contributed by atoms with E-state index in [0.29, 0.717) is 5.65 Å². The Hall–Kier alpha value is -1.64. The van der Waals surface area contributed by atoms with Gasteiger partial charge < -0.3 is 21.1 Å². The summed E-state index contributed by atoms with van der Waals surface area (Å²) in [4.78, 5) is 10.6. The number of halogens is 1. The average Bonchev–Trinajstić information content (AvgIpc) is 2.79. The molecule has 8 nitrogen and oxygen atoms in total. The lowest BCUT2D eigenvalue weighted by Gasteiger charge is -2.36. The van der Waals surface area contributed by atoms with Gasteiger partial charge in [-0.3, -0.25) is 4.68 Å². The summed E-state index contributed by atoms with van der Waals surface area (Å²) in [6, 6.07) is -0.00791. The van der Waals surface area contributed by atoms with Crippen LogP contribution in [0, 0.1) is 0 Å². The molecule has 0 unspecified atom stereocenters. The van der Waals surface area contributed by atoms with Crippen LogP contribution in [0.2, 0.25) is 0 Å². The topological polar surface area (TPSA) is 105 Å². The van der Waals surface area contributed by atoms with E-state index in [9.17, 15) is 5.11 Å². The number of aryl methyl sites for hydroxylation is 1. The van der Waals surface area contributed by atoms with Crippen molar-refractivity contribution in [3.63, 3.8) is 0 Å². The van der Waals surface area contributed by atoms with Crippen molar-refractivity contribution in [1.29, 1.82) is 0 Å². The van der Waals surface area contributed by atoms with Crippen LogP contribution in [0.25, 0.3) is 11.0 Å². The minimum Gasteiger partial charge on any atom is -0.394 e. The van der Waals surface area contributed by atoms with Gasteiger partial charge >= 0.3 is 0 Å². The summed E-state index contributed by atoms with van der Waals surface area (Å²) < 4.78 is 1.67. The minimum atomic E-state index is -0.00791. The van der Waals surface area contributed by atoms with E-state index in [1.165, 1.54) is 0 Å². The number of nitrogens with one attached hydrogen (secondary N) is 1. The Morgan fingerprint density at radius 3 is 3.05 bits per heavy atom. The number of nitrogen functional groups attached to an aromatic ring is 1. The van der Waals surface area contributed by atoms with E-state index in [-0.39, 0.29) is 31.0 Å². The Balaban J connectivity index is 0.00000147. The lowest BCUT2D eigenvalue weighted by atomic mass is 10.2. The van der Waals surface area contributed by atoms with E-state index >= 15 is 0 Å². The number of aromatic nitrogens is 4. The molecule has 0 radical (unpaired) electrons. The first-order valence-electron chi connectivity index (χ1n) is 6.24. The van der Waals surface area contributed by atoms with Crippen LogP contribution in [0.3, 0.4) is 0 Å². The van der Waals surface area contributed by atoms with Gasteiger partial charge in [0.25, 0.3) is 0 Å². The second-order valence-electron chi connectivity index (χ2n) is 4.64. The summed E-state index contributed by atoms with van der Waals surface area (Å²) in [5.74, 6) is 0.970. The molecule has 3 heterocycles. The van der Waals surface area contributed by atoms with Crippen molar-refractivity contribution in [2.75, 3.05) is 36.9 Å². The van der Waals surface area contributed by atoms with Crippen molar-refractivity contribution in [3.8, 4) is 0 Å². The Bertz CT molecular complexity index is 602. The number of aliphatic hydroxyl groups is 1. The minimum absolute atomic E-state index is 0. The molecule has 0 bridgehead atoms. The number of aliphatic hydroxyl groups excluding tert-OH is 1. The second-order valence-corrected chi connectivity index (χ2v) is 4.64. The van der Waals surface area contributed by atoms with Gasteiger partial charge in [0.15, 0.2) is 5.65 Å². The zero-order valence-corrected chi connectivity index (χ0v) is 12.0. The normalized spacial score (nSPS) is 19.1. The number of piperazine rings is 1. The summed E-state index contributed by atoms with van der Waals surface area (Å²) >= 11 is 0. The molecule has 1 aliphatic heterocycles. The van der Waals surface area contributed by atoms with Crippen LogP contribution in [0.4, 0.5) is 11.8 Å². The third kappa shape index (κ3) is 2.37. The monoisotopic (exact) mass is 299 g/mol. The van der Waals surface area contributed by atoms with Crippen molar-refractivity contribution in [2.45, 2.75) is 6.04 Å². The van der Waals surface area contributed by atoms with Crippen molar-refractivity contribution in [1.82, 2.24) is 25.1 Å². The summed E-state index contributed by atoms with van der Waals surface area (Å²) in [6.45, 7) is 2.41. The molecule has 0 aliphatic carbocycles. The third-order valence-electron chi connectivity index (χ3n) is 3.42. The molecule has 1 fully saturated rings. The summed E-state index contributed by atoms with van der Waals surface area (Å²) in [6.07, 6.45) is 1.74. The van der Waals surface area contributed by atoms with Gasteiger partial charge in [-0.05, 0) is 0 Å². The van der Waals surface area contributed by atoms with Gasteiger partial charge in [-0.2, -0.15) is 15.1 Å². The van der Waals surface area contributed by atoms with Gasteiger partial charge in [-0.25, -0.2) is 0 Å². The number of anilines is 2. The fourth-order valence-corrected chi connectivity index (χ4v) is 2.45. The number of nitrogens with zero attached hydrogens (tertiary/aromatic N) is 5. The zero-order valence-electron chi connectivity index (χ0n) is 11.2. The molecule has 20 heavy (non-hydrogen) atoms. The van der Waals surface area contributed by atoms with Gasteiger partial charge in [0.1, 0.15) is 5.82 Å². The lowest BCUT2D eigenvalue weighted by molar-refractivity contribution is 0.246. The van der Waals surface area contributed by atoms with Crippen LogP contribution in [-0.2, 0) is 7.05 Å². The van der Waals surface area contributed by atoms with Crippen LogP contribution in [0.1, 0.15) is 0 Å². The van der Waals surface area contributed by atoms with Gasteiger partial charge in [0.05, 0.1) is 24.2 Å². The molecule has 1 saturated heterocycles. The molecule has 0 spiro atoms. The Morgan fingerprint density at radius 1 is 1.50 bits per heavy atom. The SMILES string of the molecule is Cl.Cn1ncc2c(N3CCNC[C@@H]3CO)nc(N)nc21. The molecule has 3 rings (SSSR count). The lowest BCUT2D eigenvalue weighted by Crippen LogP contribution is -2.53. The molecule has 0 aromatic carbocycles. The molecule has 1 aliphatic rings. The highest BCUT2D eigenvalue weighted by Gasteiger charge is 2.25. The maximum absolute atomic E-state index is 9.49. The highest BCUT2D eigenvalue weighted by atomic mass is 35.5. The average molecular weight is 300 g/mol. The van der Waals surface area contributed by atoms with Crippen LogP contribution < -0.4 is 16.0 Å². The van der Waals surface area contributed by atoms with Gasteiger partial charge in [-0.1, -0.05) is 0 Å². The maximum atomic E-state index is 9.49. The fourth-order valence-electron chi connectivity index (χ4n) is 2.45. The van der Waals surface area contributed by atoms with Gasteiger partial charge in [0.2, 0.25) is 5.95 Å². The third-order valence-corrected chi connectivity index (χ3v) is 3.42. The first-order valence-corrected chi connectivity index (χ1v) is 6.24. The highest BCUT2D eigenvalue weighted by Crippen LogP contribution is 2.26. The molecule has 4 N–H and O–H groups in total. The number of nitrogens with two attached hydrogens (primary N) is 1. The Kier molecular flexibility index (Phi) is 4.26. The van der Waals surface area contributed by atoms with E-state index in [4.69, 9.17) is 5.73 Å². The van der Waals surface area contributed by atoms with Crippen LogP contribution in [0.5, 0.6) is 0 Å². The molecule has 0 amide bonds. The number of fused-ring (bicyclic) bond motifs is 1. The van der Waals surface area contributed by atoms with Crippen LogP contribution in [0.15, 0.2) is 6.20 Å². The molecule has 110 valence electrons. The summed E-state index contributed by atoms with van der Waals surface area (Å²) in [7, 11) is 1.82. The Labute approximate surface area is 122 Å². The molecule has 9 heteroatoms. The van der Waals surface area contributed by atoms with E-state index in [1.54, 1.807) is 10.9 Å².